The van der Waals surface area contributed by atoms with Gasteiger partial charge in [-0.05, 0) is 32.6 Å². The summed E-state index contributed by atoms with van der Waals surface area (Å²) < 4.78 is 0. The van der Waals surface area contributed by atoms with Crippen molar-refractivity contribution >= 4 is 11.6 Å². The Labute approximate surface area is 96.9 Å². The van der Waals surface area contributed by atoms with Crippen molar-refractivity contribution in [1.29, 1.82) is 0 Å². The Kier molecular flexibility index (Phi) is 2.99. The molecular formula is C12H20N4. The summed E-state index contributed by atoms with van der Waals surface area (Å²) in [5.41, 5.74) is 1.38. The van der Waals surface area contributed by atoms with E-state index in [9.17, 15) is 0 Å². The molecule has 0 radical (unpaired) electrons. The lowest BCUT2D eigenvalue weighted by Crippen LogP contribution is -2.44. The molecule has 0 spiro atoms. The Balaban J connectivity index is 2.21. The predicted octanol–water partition coefficient (Wildman–Crippen LogP) is 2.57. The first-order valence-corrected chi connectivity index (χ1v) is 5.98. The SMILES string of the molecule is CCC1(Nc2ncnc(NC)c2C)CCC1. The highest BCUT2D eigenvalue weighted by molar-refractivity contribution is 5.57. The largest absolute Gasteiger partial charge is 0.373 e. The number of rotatable bonds is 4. The van der Waals surface area contributed by atoms with Gasteiger partial charge in [-0.1, -0.05) is 6.92 Å². The summed E-state index contributed by atoms with van der Waals surface area (Å²) in [6.45, 7) is 4.29. The Morgan fingerprint density at radius 1 is 1.31 bits per heavy atom. The molecule has 0 unspecified atom stereocenters. The summed E-state index contributed by atoms with van der Waals surface area (Å²) in [5, 5.41) is 6.68. The average Bonchev–Trinajstić information content (AvgIpc) is 2.25. The number of hydrogen-bond donors (Lipinski definition) is 2. The van der Waals surface area contributed by atoms with Gasteiger partial charge in [0.25, 0.3) is 0 Å². The smallest absolute Gasteiger partial charge is 0.134 e. The monoisotopic (exact) mass is 220 g/mol. The second-order valence-corrected chi connectivity index (χ2v) is 4.56. The number of nitrogens with one attached hydrogen (secondary N) is 2. The van der Waals surface area contributed by atoms with Gasteiger partial charge in [-0.3, -0.25) is 0 Å². The van der Waals surface area contributed by atoms with Crippen molar-refractivity contribution in [3.63, 3.8) is 0 Å². The van der Waals surface area contributed by atoms with Crippen LogP contribution in [0.15, 0.2) is 6.33 Å². The van der Waals surface area contributed by atoms with Crippen LogP contribution in [-0.4, -0.2) is 22.6 Å². The molecule has 0 aliphatic heterocycles. The lowest BCUT2D eigenvalue weighted by atomic mass is 9.75. The highest BCUT2D eigenvalue weighted by atomic mass is 15.1. The summed E-state index contributed by atoms with van der Waals surface area (Å²) in [6, 6.07) is 0. The second-order valence-electron chi connectivity index (χ2n) is 4.56. The van der Waals surface area contributed by atoms with Gasteiger partial charge < -0.3 is 10.6 Å². The molecule has 88 valence electrons. The van der Waals surface area contributed by atoms with Crippen LogP contribution in [-0.2, 0) is 0 Å². The standard InChI is InChI=1S/C12H20N4/c1-4-12(6-5-7-12)16-11-9(2)10(13-3)14-8-15-11/h8H,4-7H2,1-3H3,(H2,13,14,15,16). The van der Waals surface area contributed by atoms with Gasteiger partial charge in [-0.25, -0.2) is 9.97 Å². The maximum absolute atomic E-state index is 4.34. The third-order valence-electron chi connectivity index (χ3n) is 3.69. The Morgan fingerprint density at radius 2 is 2.00 bits per heavy atom. The van der Waals surface area contributed by atoms with E-state index in [0.717, 1.165) is 23.6 Å². The van der Waals surface area contributed by atoms with E-state index < -0.39 is 0 Å². The van der Waals surface area contributed by atoms with Crippen LogP contribution in [0.1, 0.15) is 38.2 Å². The van der Waals surface area contributed by atoms with Crippen molar-refractivity contribution in [2.75, 3.05) is 17.7 Å². The lowest BCUT2D eigenvalue weighted by Gasteiger charge is -2.42. The van der Waals surface area contributed by atoms with Crippen molar-refractivity contribution in [3.8, 4) is 0 Å². The lowest BCUT2D eigenvalue weighted by molar-refractivity contribution is 0.268. The molecule has 0 saturated heterocycles. The van der Waals surface area contributed by atoms with E-state index in [0.29, 0.717) is 0 Å². The van der Waals surface area contributed by atoms with Gasteiger partial charge in [0.15, 0.2) is 0 Å². The minimum absolute atomic E-state index is 0.282. The molecule has 4 nitrogen and oxygen atoms in total. The van der Waals surface area contributed by atoms with Gasteiger partial charge in [0.05, 0.1) is 0 Å². The van der Waals surface area contributed by atoms with Crippen molar-refractivity contribution in [1.82, 2.24) is 9.97 Å². The van der Waals surface area contributed by atoms with Crippen LogP contribution in [0.2, 0.25) is 0 Å². The normalized spacial score (nSPS) is 17.7. The van der Waals surface area contributed by atoms with E-state index >= 15 is 0 Å². The molecule has 0 aromatic carbocycles. The Morgan fingerprint density at radius 3 is 2.50 bits per heavy atom. The average molecular weight is 220 g/mol. The summed E-state index contributed by atoms with van der Waals surface area (Å²) >= 11 is 0. The molecule has 2 rings (SSSR count). The quantitative estimate of drug-likeness (QED) is 0.818. The fourth-order valence-electron chi connectivity index (χ4n) is 2.25. The van der Waals surface area contributed by atoms with Gasteiger partial charge in [-0.15, -0.1) is 0 Å². The zero-order valence-electron chi connectivity index (χ0n) is 10.3. The Bertz CT molecular complexity index is 366. The van der Waals surface area contributed by atoms with E-state index in [2.05, 4.69) is 34.4 Å². The first-order chi connectivity index (χ1) is 7.71. The maximum atomic E-state index is 4.34. The van der Waals surface area contributed by atoms with Crippen LogP contribution in [0.3, 0.4) is 0 Å². The number of nitrogens with zero attached hydrogens (tertiary/aromatic N) is 2. The molecule has 1 heterocycles. The number of aromatic nitrogens is 2. The van der Waals surface area contributed by atoms with Crippen LogP contribution >= 0.6 is 0 Å². The van der Waals surface area contributed by atoms with Gasteiger partial charge in [-0.2, -0.15) is 0 Å². The molecule has 16 heavy (non-hydrogen) atoms. The molecule has 2 N–H and O–H groups in total. The molecule has 0 bridgehead atoms. The van der Waals surface area contributed by atoms with Crippen molar-refractivity contribution in [2.24, 2.45) is 0 Å². The van der Waals surface area contributed by atoms with E-state index in [1.54, 1.807) is 6.33 Å². The van der Waals surface area contributed by atoms with Gasteiger partial charge >= 0.3 is 0 Å². The van der Waals surface area contributed by atoms with Crippen LogP contribution in [0.25, 0.3) is 0 Å². The molecule has 1 saturated carbocycles. The van der Waals surface area contributed by atoms with E-state index in [1.165, 1.54) is 19.3 Å². The summed E-state index contributed by atoms with van der Waals surface area (Å²) in [5.74, 6) is 1.88. The van der Waals surface area contributed by atoms with E-state index in [4.69, 9.17) is 0 Å². The predicted molar refractivity (Wildman–Crippen MR) is 66.8 cm³/mol. The van der Waals surface area contributed by atoms with Crippen LogP contribution in [0, 0.1) is 6.92 Å². The van der Waals surface area contributed by atoms with E-state index in [-0.39, 0.29) is 5.54 Å². The molecule has 0 amide bonds. The molecular weight excluding hydrogens is 200 g/mol. The number of hydrogen-bond acceptors (Lipinski definition) is 4. The topological polar surface area (TPSA) is 49.8 Å². The summed E-state index contributed by atoms with van der Waals surface area (Å²) in [6.07, 6.45) is 6.60. The zero-order valence-corrected chi connectivity index (χ0v) is 10.3. The molecule has 1 aromatic rings. The highest BCUT2D eigenvalue weighted by Crippen LogP contribution is 2.38. The van der Waals surface area contributed by atoms with Gasteiger partial charge in [0.1, 0.15) is 18.0 Å². The third kappa shape index (κ3) is 1.84. The molecule has 1 fully saturated rings. The summed E-state index contributed by atoms with van der Waals surface area (Å²) in [7, 11) is 1.89. The fraction of sp³-hybridized carbons (Fsp3) is 0.667. The van der Waals surface area contributed by atoms with Crippen LogP contribution in [0.5, 0.6) is 0 Å². The van der Waals surface area contributed by atoms with Crippen molar-refractivity contribution in [3.05, 3.63) is 11.9 Å². The molecule has 4 heteroatoms. The molecule has 1 aromatic heterocycles. The minimum atomic E-state index is 0.282. The number of anilines is 2. The molecule has 1 aliphatic rings. The first-order valence-electron chi connectivity index (χ1n) is 5.98. The van der Waals surface area contributed by atoms with Gasteiger partial charge in [0.2, 0.25) is 0 Å². The summed E-state index contributed by atoms with van der Waals surface area (Å²) in [4.78, 5) is 8.53. The van der Waals surface area contributed by atoms with Crippen LogP contribution in [0.4, 0.5) is 11.6 Å². The van der Waals surface area contributed by atoms with E-state index in [1.807, 2.05) is 7.05 Å². The van der Waals surface area contributed by atoms with Crippen LogP contribution < -0.4 is 10.6 Å². The van der Waals surface area contributed by atoms with Crippen molar-refractivity contribution in [2.45, 2.75) is 45.1 Å². The minimum Gasteiger partial charge on any atom is -0.373 e. The zero-order chi connectivity index (χ0) is 11.6. The third-order valence-corrected chi connectivity index (χ3v) is 3.69. The molecule has 0 atom stereocenters. The first kappa shape index (κ1) is 11.2. The van der Waals surface area contributed by atoms with Gasteiger partial charge in [0, 0.05) is 18.2 Å². The second kappa shape index (κ2) is 4.28. The highest BCUT2D eigenvalue weighted by Gasteiger charge is 2.35. The molecule has 1 aliphatic carbocycles. The fourth-order valence-corrected chi connectivity index (χ4v) is 2.25. The maximum Gasteiger partial charge on any atom is 0.134 e. The van der Waals surface area contributed by atoms with Crippen molar-refractivity contribution < 1.29 is 0 Å². The Hall–Kier alpha value is -1.32.